The molecule has 0 aliphatic carbocycles. The Balaban J connectivity index is 1.82. The lowest BCUT2D eigenvalue weighted by atomic mass is 9.92. The molecule has 0 spiro atoms. The number of rotatable bonds is 3. The fourth-order valence-corrected chi connectivity index (χ4v) is 3.02. The number of aromatic nitrogens is 1. The number of amides is 2. The standard InChI is InChI=1S/C21H25N3O3/c1-21(2,3)12-19(25)23-16-13-27-18-9-8-14(15-7-5-6-10-22-15)11-17(18)24(4)20(16)26/h5-11,16H,12-13H2,1-4H3,(H,23,25)/t16-/m0/s1. The van der Waals surface area contributed by atoms with E-state index in [-0.39, 0.29) is 23.8 Å². The molecular weight excluding hydrogens is 342 g/mol. The molecule has 1 N–H and O–H groups in total. The summed E-state index contributed by atoms with van der Waals surface area (Å²) >= 11 is 0. The number of benzene rings is 1. The van der Waals surface area contributed by atoms with Gasteiger partial charge in [0.15, 0.2) is 0 Å². The molecule has 0 saturated carbocycles. The van der Waals surface area contributed by atoms with E-state index in [4.69, 9.17) is 4.74 Å². The summed E-state index contributed by atoms with van der Waals surface area (Å²) in [6.45, 7) is 6.06. The molecule has 142 valence electrons. The second kappa shape index (κ2) is 7.39. The molecule has 1 aromatic carbocycles. The monoisotopic (exact) mass is 367 g/mol. The Bertz CT molecular complexity index is 843. The van der Waals surface area contributed by atoms with E-state index in [1.807, 2.05) is 57.2 Å². The number of hydrogen-bond donors (Lipinski definition) is 1. The van der Waals surface area contributed by atoms with Crippen molar-refractivity contribution in [1.82, 2.24) is 10.3 Å². The van der Waals surface area contributed by atoms with Gasteiger partial charge in [0.25, 0.3) is 5.91 Å². The first kappa shape index (κ1) is 18.9. The maximum atomic E-state index is 12.9. The van der Waals surface area contributed by atoms with Crippen molar-refractivity contribution in [1.29, 1.82) is 0 Å². The normalized spacial score (nSPS) is 17.0. The smallest absolute Gasteiger partial charge is 0.252 e. The van der Waals surface area contributed by atoms with Gasteiger partial charge in [0, 0.05) is 25.2 Å². The van der Waals surface area contributed by atoms with Crippen LogP contribution in [0, 0.1) is 5.41 Å². The van der Waals surface area contributed by atoms with Gasteiger partial charge in [-0.1, -0.05) is 26.8 Å². The molecule has 27 heavy (non-hydrogen) atoms. The molecule has 1 atom stereocenters. The van der Waals surface area contributed by atoms with Crippen molar-refractivity contribution >= 4 is 17.5 Å². The van der Waals surface area contributed by atoms with Crippen molar-refractivity contribution in [3.05, 3.63) is 42.6 Å². The number of nitrogens with one attached hydrogen (secondary N) is 1. The van der Waals surface area contributed by atoms with E-state index in [1.165, 1.54) is 4.90 Å². The summed E-state index contributed by atoms with van der Waals surface area (Å²) < 4.78 is 5.83. The van der Waals surface area contributed by atoms with Crippen LogP contribution in [0.5, 0.6) is 5.75 Å². The van der Waals surface area contributed by atoms with Crippen LogP contribution in [0.3, 0.4) is 0 Å². The third kappa shape index (κ3) is 4.45. The van der Waals surface area contributed by atoms with Gasteiger partial charge >= 0.3 is 0 Å². The molecule has 1 aliphatic heterocycles. The van der Waals surface area contributed by atoms with Crippen molar-refractivity contribution < 1.29 is 14.3 Å². The lowest BCUT2D eigenvalue weighted by molar-refractivity contribution is -0.129. The first-order chi connectivity index (χ1) is 12.7. The molecular formula is C21H25N3O3. The molecule has 0 bridgehead atoms. The number of fused-ring (bicyclic) bond motifs is 1. The molecule has 2 amide bonds. The number of pyridine rings is 1. The highest BCUT2D eigenvalue weighted by Crippen LogP contribution is 2.34. The lowest BCUT2D eigenvalue weighted by Crippen LogP contribution is -2.49. The predicted molar refractivity (Wildman–Crippen MR) is 105 cm³/mol. The number of carbonyl (C=O) groups excluding carboxylic acids is 2. The van der Waals surface area contributed by atoms with Crippen LogP contribution >= 0.6 is 0 Å². The Labute approximate surface area is 159 Å². The molecule has 3 rings (SSSR count). The van der Waals surface area contributed by atoms with E-state index in [0.29, 0.717) is 17.9 Å². The quantitative estimate of drug-likeness (QED) is 0.905. The zero-order valence-electron chi connectivity index (χ0n) is 16.2. The van der Waals surface area contributed by atoms with E-state index in [0.717, 1.165) is 11.3 Å². The summed E-state index contributed by atoms with van der Waals surface area (Å²) in [5.41, 5.74) is 2.23. The second-order valence-corrected chi connectivity index (χ2v) is 7.96. The highest BCUT2D eigenvalue weighted by atomic mass is 16.5. The molecule has 0 saturated heterocycles. The molecule has 0 radical (unpaired) electrons. The van der Waals surface area contributed by atoms with Gasteiger partial charge in [-0.2, -0.15) is 0 Å². The Morgan fingerprint density at radius 2 is 2.07 bits per heavy atom. The van der Waals surface area contributed by atoms with Crippen molar-refractivity contribution in [3.63, 3.8) is 0 Å². The van der Waals surface area contributed by atoms with Gasteiger partial charge in [-0.25, -0.2) is 0 Å². The maximum Gasteiger partial charge on any atom is 0.252 e. The molecule has 1 aliphatic rings. The summed E-state index contributed by atoms with van der Waals surface area (Å²) in [4.78, 5) is 31.0. The highest BCUT2D eigenvalue weighted by molar-refractivity contribution is 6.01. The average molecular weight is 367 g/mol. The summed E-state index contributed by atoms with van der Waals surface area (Å²) in [6.07, 6.45) is 2.07. The van der Waals surface area contributed by atoms with E-state index >= 15 is 0 Å². The first-order valence-electron chi connectivity index (χ1n) is 9.00. The predicted octanol–water partition coefficient (Wildman–Crippen LogP) is 3.02. The van der Waals surface area contributed by atoms with Crippen molar-refractivity contribution in [2.75, 3.05) is 18.6 Å². The van der Waals surface area contributed by atoms with Crippen LogP contribution in [0.2, 0.25) is 0 Å². The van der Waals surface area contributed by atoms with Crippen LogP contribution in [-0.4, -0.2) is 36.5 Å². The molecule has 1 aromatic heterocycles. The lowest BCUT2D eigenvalue weighted by Gasteiger charge is -2.23. The third-order valence-corrected chi connectivity index (χ3v) is 4.34. The largest absolute Gasteiger partial charge is 0.489 e. The molecule has 6 heteroatoms. The minimum Gasteiger partial charge on any atom is -0.489 e. The molecule has 2 heterocycles. The maximum absolute atomic E-state index is 12.9. The van der Waals surface area contributed by atoms with E-state index in [9.17, 15) is 9.59 Å². The Kier molecular flexibility index (Phi) is 5.17. The van der Waals surface area contributed by atoms with Crippen LogP contribution in [0.1, 0.15) is 27.2 Å². The topological polar surface area (TPSA) is 71.5 Å². The van der Waals surface area contributed by atoms with E-state index in [2.05, 4.69) is 10.3 Å². The molecule has 0 unspecified atom stereocenters. The number of nitrogens with zero attached hydrogens (tertiary/aromatic N) is 2. The van der Waals surface area contributed by atoms with E-state index in [1.54, 1.807) is 13.2 Å². The third-order valence-electron chi connectivity index (χ3n) is 4.34. The number of hydrogen-bond acceptors (Lipinski definition) is 4. The molecule has 6 nitrogen and oxygen atoms in total. The summed E-state index contributed by atoms with van der Waals surface area (Å²) in [5.74, 6) is 0.255. The highest BCUT2D eigenvalue weighted by Gasteiger charge is 2.31. The fraction of sp³-hybridized carbons (Fsp3) is 0.381. The number of ether oxygens (including phenoxy) is 1. The van der Waals surface area contributed by atoms with E-state index < -0.39 is 6.04 Å². The summed E-state index contributed by atoms with van der Waals surface area (Å²) in [6, 6.07) is 10.6. The molecule has 2 aromatic rings. The van der Waals surface area contributed by atoms with Gasteiger partial charge in [-0.05, 0) is 35.7 Å². The van der Waals surface area contributed by atoms with Gasteiger partial charge in [0.2, 0.25) is 5.91 Å². The van der Waals surface area contributed by atoms with Gasteiger partial charge in [-0.3, -0.25) is 14.6 Å². The van der Waals surface area contributed by atoms with Crippen molar-refractivity contribution in [2.24, 2.45) is 5.41 Å². The van der Waals surface area contributed by atoms with Gasteiger partial charge in [0.05, 0.1) is 11.4 Å². The summed E-state index contributed by atoms with van der Waals surface area (Å²) in [7, 11) is 1.70. The van der Waals surface area contributed by atoms with Crippen LogP contribution < -0.4 is 15.0 Å². The zero-order valence-corrected chi connectivity index (χ0v) is 16.2. The summed E-state index contributed by atoms with van der Waals surface area (Å²) in [5, 5.41) is 2.81. The Morgan fingerprint density at radius 1 is 1.30 bits per heavy atom. The number of anilines is 1. The SMILES string of the molecule is CN1C(=O)[C@@H](NC(=O)CC(C)(C)C)COc2ccc(-c3ccccn3)cc21. The Morgan fingerprint density at radius 3 is 2.74 bits per heavy atom. The Hall–Kier alpha value is -2.89. The van der Waals surface area contributed by atoms with Crippen LogP contribution in [0.15, 0.2) is 42.6 Å². The average Bonchev–Trinajstić information content (AvgIpc) is 2.73. The van der Waals surface area contributed by atoms with Gasteiger partial charge < -0.3 is 15.0 Å². The minimum absolute atomic E-state index is 0.106. The second-order valence-electron chi connectivity index (χ2n) is 7.96. The minimum atomic E-state index is -0.712. The van der Waals surface area contributed by atoms with Gasteiger partial charge in [-0.15, -0.1) is 0 Å². The van der Waals surface area contributed by atoms with Crippen LogP contribution in [0.25, 0.3) is 11.3 Å². The van der Waals surface area contributed by atoms with Crippen molar-refractivity contribution in [2.45, 2.75) is 33.2 Å². The molecule has 0 fully saturated rings. The zero-order chi connectivity index (χ0) is 19.6. The fourth-order valence-electron chi connectivity index (χ4n) is 3.02. The first-order valence-corrected chi connectivity index (χ1v) is 9.00. The van der Waals surface area contributed by atoms with Crippen LogP contribution in [-0.2, 0) is 9.59 Å². The van der Waals surface area contributed by atoms with Crippen LogP contribution in [0.4, 0.5) is 5.69 Å². The number of carbonyl (C=O) groups is 2. The van der Waals surface area contributed by atoms with Gasteiger partial charge in [0.1, 0.15) is 18.4 Å². The number of likely N-dealkylation sites (N-methyl/N-ethyl adjacent to an activating group) is 1. The van der Waals surface area contributed by atoms with Crippen molar-refractivity contribution in [3.8, 4) is 17.0 Å².